The second-order valence-corrected chi connectivity index (χ2v) is 8.90. The number of halogens is 3. The van der Waals surface area contributed by atoms with Gasteiger partial charge in [0.15, 0.2) is 0 Å². The Labute approximate surface area is 190 Å². The first-order valence-corrected chi connectivity index (χ1v) is 11.5. The van der Waals surface area contributed by atoms with Crippen molar-refractivity contribution in [3.8, 4) is 5.75 Å². The number of nitrogens with zero attached hydrogens (tertiary/aromatic N) is 3. The number of benzene rings is 1. The van der Waals surface area contributed by atoms with Crippen LogP contribution in [-0.4, -0.2) is 36.1 Å². The van der Waals surface area contributed by atoms with E-state index in [4.69, 9.17) is 4.74 Å². The summed E-state index contributed by atoms with van der Waals surface area (Å²) in [5, 5.41) is 0. The van der Waals surface area contributed by atoms with Crippen molar-refractivity contribution >= 4 is 17.5 Å². The molecule has 33 heavy (non-hydrogen) atoms. The maximum Gasteiger partial charge on any atom is 0.419 e. The van der Waals surface area contributed by atoms with Gasteiger partial charge in [0.25, 0.3) is 0 Å². The SMILES string of the molecule is O=C(Oc1ccc(N2C3CCCC2CC3)cc1)C1=CCN(c2ncccc2C(F)(F)F)CC1. The predicted octanol–water partition coefficient (Wildman–Crippen LogP) is 5.36. The highest BCUT2D eigenvalue weighted by Crippen LogP contribution is 2.40. The second-order valence-electron chi connectivity index (χ2n) is 8.90. The highest BCUT2D eigenvalue weighted by atomic mass is 19.4. The lowest BCUT2D eigenvalue weighted by atomic mass is 10.0. The molecule has 5 nitrogen and oxygen atoms in total. The van der Waals surface area contributed by atoms with Crippen molar-refractivity contribution in [1.29, 1.82) is 0 Å². The fourth-order valence-corrected chi connectivity index (χ4v) is 5.31. The number of hydrogen-bond acceptors (Lipinski definition) is 5. The minimum Gasteiger partial charge on any atom is -0.423 e. The number of alkyl halides is 3. The lowest BCUT2D eigenvalue weighted by Crippen LogP contribution is -2.39. The van der Waals surface area contributed by atoms with Crippen LogP contribution in [-0.2, 0) is 11.0 Å². The normalized spacial score (nSPS) is 22.8. The molecule has 2 saturated heterocycles. The maximum atomic E-state index is 13.3. The molecule has 0 spiro atoms. The van der Waals surface area contributed by atoms with E-state index in [2.05, 4.69) is 9.88 Å². The van der Waals surface area contributed by atoms with Gasteiger partial charge in [0, 0.05) is 42.6 Å². The Morgan fingerprint density at radius 2 is 1.76 bits per heavy atom. The maximum absolute atomic E-state index is 13.3. The van der Waals surface area contributed by atoms with Crippen LogP contribution in [0.3, 0.4) is 0 Å². The van der Waals surface area contributed by atoms with Gasteiger partial charge in [0.1, 0.15) is 11.6 Å². The highest BCUT2D eigenvalue weighted by Gasteiger charge is 2.37. The van der Waals surface area contributed by atoms with E-state index >= 15 is 0 Å². The molecule has 4 heterocycles. The number of carbonyl (C=O) groups excluding carboxylic acids is 1. The summed E-state index contributed by atoms with van der Waals surface area (Å²) < 4.78 is 45.4. The molecular weight excluding hydrogens is 431 g/mol. The third kappa shape index (κ3) is 4.43. The van der Waals surface area contributed by atoms with Crippen LogP contribution < -0.4 is 14.5 Å². The largest absolute Gasteiger partial charge is 0.423 e. The van der Waals surface area contributed by atoms with Crippen molar-refractivity contribution in [2.24, 2.45) is 0 Å². The number of aromatic nitrogens is 1. The Hall–Kier alpha value is -3.03. The molecule has 1 aromatic heterocycles. The Kier molecular flexibility index (Phi) is 5.76. The molecule has 174 valence electrons. The third-order valence-electron chi connectivity index (χ3n) is 6.90. The second kappa shape index (κ2) is 8.72. The van der Waals surface area contributed by atoms with E-state index < -0.39 is 17.7 Å². The Balaban J connectivity index is 1.22. The molecule has 2 fully saturated rings. The van der Waals surface area contributed by atoms with Crippen molar-refractivity contribution in [3.05, 3.63) is 59.8 Å². The van der Waals surface area contributed by atoms with Gasteiger partial charge in [-0.1, -0.05) is 6.08 Å². The van der Waals surface area contributed by atoms with Crippen molar-refractivity contribution in [2.75, 3.05) is 22.9 Å². The molecular formula is C25H26F3N3O2. The number of esters is 1. The summed E-state index contributed by atoms with van der Waals surface area (Å²) >= 11 is 0. The zero-order chi connectivity index (χ0) is 23.0. The van der Waals surface area contributed by atoms with Crippen LogP contribution in [0.1, 0.15) is 44.1 Å². The summed E-state index contributed by atoms with van der Waals surface area (Å²) in [5.74, 6) is -0.103. The zero-order valence-corrected chi connectivity index (χ0v) is 18.2. The molecule has 3 aliphatic rings. The molecule has 2 atom stereocenters. The molecule has 0 N–H and O–H groups in total. The Morgan fingerprint density at radius 1 is 1.03 bits per heavy atom. The first kappa shape index (κ1) is 21.8. The van der Waals surface area contributed by atoms with E-state index in [0.717, 1.165) is 6.07 Å². The Bertz CT molecular complexity index is 1040. The van der Waals surface area contributed by atoms with E-state index in [-0.39, 0.29) is 18.9 Å². The van der Waals surface area contributed by atoms with Crippen LogP contribution in [0.5, 0.6) is 5.75 Å². The average molecular weight is 457 g/mol. The average Bonchev–Trinajstić information content (AvgIpc) is 3.07. The van der Waals surface area contributed by atoms with Crippen LogP contribution in [0.15, 0.2) is 54.2 Å². The number of fused-ring (bicyclic) bond motifs is 2. The van der Waals surface area contributed by atoms with Gasteiger partial charge in [-0.25, -0.2) is 9.78 Å². The number of hydrogen-bond donors (Lipinski definition) is 0. The van der Waals surface area contributed by atoms with Gasteiger partial charge < -0.3 is 14.5 Å². The molecule has 2 bridgehead atoms. The van der Waals surface area contributed by atoms with E-state index in [1.165, 1.54) is 55.0 Å². The van der Waals surface area contributed by atoms with Crippen LogP contribution in [0.2, 0.25) is 0 Å². The third-order valence-corrected chi connectivity index (χ3v) is 6.90. The van der Waals surface area contributed by atoms with Gasteiger partial charge in [-0.3, -0.25) is 0 Å². The number of anilines is 2. The number of rotatable bonds is 4. The summed E-state index contributed by atoms with van der Waals surface area (Å²) in [6.07, 6.45) is 5.05. The quantitative estimate of drug-likeness (QED) is 0.457. The highest BCUT2D eigenvalue weighted by molar-refractivity contribution is 5.90. The summed E-state index contributed by atoms with van der Waals surface area (Å²) in [6, 6.07) is 11.2. The molecule has 0 amide bonds. The molecule has 1 aromatic carbocycles. The Morgan fingerprint density at radius 3 is 2.39 bits per heavy atom. The lowest BCUT2D eigenvalue weighted by Gasteiger charge is -2.36. The lowest BCUT2D eigenvalue weighted by molar-refractivity contribution is -0.137. The van der Waals surface area contributed by atoms with E-state index in [0.29, 0.717) is 29.8 Å². The predicted molar refractivity (Wildman–Crippen MR) is 119 cm³/mol. The zero-order valence-electron chi connectivity index (χ0n) is 18.2. The standard InChI is InChI=1S/C25H26F3N3O2/c26-25(27,28)22-5-2-14-29-23(22)30-15-12-17(13-16-30)24(32)33-21-10-8-20(9-11-21)31-18-3-1-4-19(31)7-6-18/h2,5,8-12,14,18-19H,1,3-4,6-7,13,15-16H2. The van der Waals surface area contributed by atoms with E-state index in [9.17, 15) is 18.0 Å². The van der Waals surface area contributed by atoms with Gasteiger partial charge in [0.2, 0.25) is 0 Å². The van der Waals surface area contributed by atoms with Gasteiger partial charge in [-0.05, 0) is 74.9 Å². The number of piperidine rings is 1. The summed E-state index contributed by atoms with van der Waals surface area (Å²) in [6.45, 7) is 0.429. The summed E-state index contributed by atoms with van der Waals surface area (Å²) in [7, 11) is 0. The van der Waals surface area contributed by atoms with Crippen molar-refractivity contribution in [2.45, 2.75) is 56.8 Å². The van der Waals surface area contributed by atoms with E-state index in [1.807, 2.05) is 24.3 Å². The molecule has 0 saturated carbocycles. The van der Waals surface area contributed by atoms with Crippen molar-refractivity contribution in [1.82, 2.24) is 4.98 Å². The monoisotopic (exact) mass is 457 g/mol. The number of ether oxygens (including phenoxy) is 1. The fraction of sp³-hybridized carbons (Fsp3) is 0.440. The molecule has 0 aliphatic carbocycles. The molecule has 2 aromatic rings. The minimum atomic E-state index is -4.48. The van der Waals surface area contributed by atoms with Gasteiger partial charge in [0.05, 0.1) is 5.56 Å². The molecule has 2 unspecified atom stereocenters. The summed E-state index contributed by atoms with van der Waals surface area (Å²) in [5.41, 5.74) is 0.867. The van der Waals surface area contributed by atoms with Crippen LogP contribution >= 0.6 is 0 Å². The van der Waals surface area contributed by atoms with E-state index in [1.54, 1.807) is 6.08 Å². The number of carbonyl (C=O) groups is 1. The van der Waals surface area contributed by atoms with Crippen LogP contribution in [0.25, 0.3) is 0 Å². The van der Waals surface area contributed by atoms with Gasteiger partial charge >= 0.3 is 12.1 Å². The topological polar surface area (TPSA) is 45.7 Å². The molecule has 8 heteroatoms. The smallest absolute Gasteiger partial charge is 0.419 e. The first-order chi connectivity index (χ1) is 15.9. The van der Waals surface area contributed by atoms with Gasteiger partial charge in [-0.15, -0.1) is 0 Å². The first-order valence-electron chi connectivity index (χ1n) is 11.5. The molecule has 0 radical (unpaired) electrons. The minimum absolute atomic E-state index is 0.115. The van der Waals surface area contributed by atoms with Crippen molar-refractivity contribution in [3.63, 3.8) is 0 Å². The summed E-state index contributed by atoms with van der Waals surface area (Å²) in [4.78, 5) is 20.6. The number of pyridine rings is 1. The van der Waals surface area contributed by atoms with Gasteiger partial charge in [-0.2, -0.15) is 13.2 Å². The molecule has 5 rings (SSSR count). The molecule has 3 aliphatic heterocycles. The van der Waals surface area contributed by atoms with Crippen LogP contribution in [0.4, 0.5) is 24.7 Å². The fourth-order valence-electron chi connectivity index (χ4n) is 5.31. The van der Waals surface area contributed by atoms with Crippen LogP contribution in [0, 0.1) is 0 Å². The van der Waals surface area contributed by atoms with Crippen molar-refractivity contribution < 1.29 is 22.7 Å².